The maximum absolute atomic E-state index is 5.25. The van der Waals surface area contributed by atoms with Gasteiger partial charge in [0.1, 0.15) is 0 Å². The quantitative estimate of drug-likeness (QED) is 0.163. The lowest BCUT2D eigenvalue weighted by Gasteiger charge is -2.19. The smallest absolute Gasteiger partial charge is 0.160 e. The van der Waals surface area contributed by atoms with Gasteiger partial charge in [0.05, 0.1) is 11.4 Å². The minimum absolute atomic E-state index is 0.684. The predicted molar refractivity (Wildman–Crippen MR) is 225 cm³/mol. The summed E-state index contributed by atoms with van der Waals surface area (Å²) in [7, 11) is 0. The molecule has 0 radical (unpaired) electrons. The molecule has 10 rings (SSSR count). The summed E-state index contributed by atoms with van der Waals surface area (Å²) in [4.78, 5) is 14.7. The summed E-state index contributed by atoms with van der Waals surface area (Å²) in [6, 6.07) is 66.8. The lowest BCUT2D eigenvalue weighted by Crippen LogP contribution is -1.97. The molecule has 0 saturated heterocycles. The Morgan fingerprint density at radius 1 is 0.296 bits per heavy atom. The second-order valence-electron chi connectivity index (χ2n) is 13.6. The molecule has 0 fully saturated rings. The van der Waals surface area contributed by atoms with Crippen molar-refractivity contribution < 1.29 is 0 Å². The number of aromatic nitrogens is 3. The molecule has 0 amide bonds. The predicted octanol–water partition coefficient (Wildman–Crippen LogP) is 13.3. The Balaban J connectivity index is 1.17. The van der Waals surface area contributed by atoms with Crippen LogP contribution in [0.25, 0.3) is 99.6 Å². The number of rotatable bonds is 6. The van der Waals surface area contributed by atoms with Crippen LogP contribution in [0.5, 0.6) is 0 Å². The average molecular weight is 688 g/mol. The molecule has 3 heteroatoms. The van der Waals surface area contributed by atoms with Gasteiger partial charge in [-0.3, -0.25) is 4.98 Å². The second kappa shape index (κ2) is 13.4. The maximum Gasteiger partial charge on any atom is 0.160 e. The van der Waals surface area contributed by atoms with Crippen LogP contribution in [0.1, 0.15) is 0 Å². The summed E-state index contributed by atoms with van der Waals surface area (Å²) in [6.45, 7) is 0. The fourth-order valence-corrected chi connectivity index (χ4v) is 7.87. The molecule has 8 aromatic carbocycles. The van der Waals surface area contributed by atoms with Crippen molar-refractivity contribution in [1.29, 1.82) is 0 Å². The van der Waals surface area contributed by atoms with Gasteiger partial charge in [-0.05, 0) is 96.0 Å². The van der Waals surface area contributed by atoms with Crippen LogP contribution in [0.4, 0.5) is 0 Å². The molecule has 2 heterocycles. The van der Waals surface area contributed by atoms with Crippen LogP contribution in [-0.4, -0.2) is 15.0 Å². The first-order valence-electron chi connectivity index (χ1n) is 18.3. The van der Waals surface area contributed by atoms with Crippen LogP contribution in [-0.2, 0) is 0 Å². The normalized spacial score (nSPS) is 11.3. The van der Waals surface area contributed by atoms with Gasteiger partial charge in [-0.15, -0.1) is 0 Å². The lowest BCUT2D eigenvalue weighted by molar-refractivity contribution is 1.18. The van der Waals surface area contributed by atoms with Crippen molar-refractivity contribution in [3.63, 3.8) is 0 Å². The molecular formula is C51H33N3. The van der Waals surface area contributed by atoms with E-state index in [1.807, 2.05) is 30.6 Å². The maximum atomic E-state index is 5.25. The number of nitrogens with zero attached hydrogens (tertiary/aromatic N) is 3. The van der Waals surface area contributed by atoms with Crippen LogP contribution in [0, 0.1) is 0 Å². The van der Waals surface area contributed by atoms with Crippen LogP contribution >= 0.6 is 0 Å². The number of benzene rings is 8. The molecule has 0 aliphatic rings. The van der Waals surface area contributed by atoms with Gasteiger partial charge in [0, 0.05) is 29.1 Å². The monoisotopic (exact) mass is 687 g/mol. The van der Waals surface area contributed by atoms with Gasteiger partial charge in [-0.25, -0.2) is 9.97 Å². The second-order valence-corrected chi connectivity index (χ2v) is 13.6. The highest BCUT2D eigenvalue weighted by Crippen LogP contribution is 2.45. The highest BCUT2D eigenvalue weighted by molar-refractivity contribution is 6.23. The summed E-state index contributed by atoms with van der Waals surface area (Å²) >= 11 is 0. The molecule has 2 aromatic heterocycles. The van der Waals surface area contributed by atoms with Crippen LogP contribution in [0.2, 0.25) is 0 Å². The zero-order chi connectivity index (χ0) is 35.8. The van der Waals surface area contributed by atoms with Gasteiger partial charge in [0.25, 0.3) is 0 Å². The Labute approximate surface area is 313 Å². The molecule has 0 saturated carbocycles. The molecule has 252 valence electrons. The average Bonchev–Trinajstić information content (AvgIpc) is 3.26. The van der Waals surface area contributed by atoms with Crippen molar-refractivity contribution in [3.05, 3.63) is 200 Å². The molecule has 3 nitrogen and oxygen atoms in total. The first-order valence-corrected chi connectivity index (χ1v) is 18.3. The molecule has 0 spiro atoms. The lowest BCUT2D eigenvalue weighted by atomic mass is 9.84. The molecule has 0 N–H and O–H groups in total. The zero-order valence-electron chi connectivity index (χ0n) is 29.4. The van der Waals surface area contributed by atoms with Crippen molar-refractivity contribution in [3.8, 4) is 67.3 Å². The van der Waals surface area contributed by atoms with Crippen LogP contribution < -0.4 is 0 Å². The van der Waals surface area contributed by atoms with Gasteiger partial charge in [-0.2, -0.15) is 0 Å². The van der Waals surface area contributed by atoms with Crippen molar-refractivity contribution in [2.45, 2.75) is 0 Å². The topological polar surface area (TPSA) is 38.7 Å². The largest absolute Gasteiger partial charge is 0.265 e. The van der Waals surface area contributed by atoms with E-state index in [1.54, 1.807) is 0 Å². The highest BCUT2D eigenvalue weighted by Gasteiger charge is 2.19. The summed E-state index contributed by atoms with van der Waals surface area (Å²) in [5, 5.41) is 7.37. The molecule has 0 aliphatic heterocycles. The number of fused-ring (bicyclic) bond motifs is 3. The highest BCUT2D eigenvalue weighted by atomic mass is 14.9. The number of hydrogen-bond acceptors (Lipinski definition) is 3. The minimum Gasteiger partial charge on any atom is -0.265 e. The van der Waals surface area contributed by atoms with Gasteiger partial charge in [-0.1, -0.05) is 158 Å². The van der Waals surface area contributed by atoms with Crippen LogP contribution in [0.15, 0.2) is 200 Å². The number of hydrogen-bond donors (Lipinski definition) is 0. The van der Waals surface area contributed by atoms with E-state index in [2.05, 4.69) is 175 Å². The Hall–Kier alpha value is -7.23. The van der Waals surface area contributed by atoms with E-state index in [0.29, 0.717) is 5.82 Å². The minimum atomic E-state index is 0.684. The van der Waals surface area contributed by atoms with Crippen molar-refractivity contribution in [1.82, 2.24) is 15.0 Å². The van der Waals surface area contributed by atoms with E-state index >= 15 is 0 Å². The van der Waals surface area contributed by atoms with Crippen molar-refractivity contribution >= 4 is 32.3 Å². The third kappa shape index (κ3) is 5.60. The molecule has 54 heavy (non-hydrogen) atoms. The first kappa shape index (κ1) is 31.5. The third-order valence-corrected chi connectivity index (χ3v) is 10.4. The van der Waals surface area contributed by atoms with E-state index in [4.69, 9.17) is 9.97 Å². The Kier molecular flexibility index (Phi) is 7.81. The Morgan fingerprint density at radius 2 is 0.796 bits per heavy atom. The van der Waals surface area contributed by atoms with E-state index in [-0.39, 0.29) is 0 Å². The third-order valence-electron chi connectivity index (χ3n) is 10.4. The van der Waals surface area contributed by atoms with Gasteiger partial charge in [0.2, 0.25) is 0 Å². The fourth-order valence-electron chi connectivity index (χ4n) is 7.87. The van der Waals surface area contributed by atoms with E-state index < -0.39 is 0 Å². The van der Waals surface area contributed by atoms with Gasteiger partial charge in [0.15, 0.2) is 5.82 Å². The van der Waals surface area contributed by atoms with Gasteiger partial charge < -0.3 is 0 Å². The van der Waals surface area contributed by atoms with Gasteiger partial charge >= 0.3 is 0 Å². The molecule has 0 atom stereocenters. The van der Waals surface area contributed by atoms with Crippen molar-refractivity contribution in [2.75, 3.05) is 0 Å². The summed E-state index contributed by atoms with van der Waals surface area (Å²) in [5.74, 6) is 0.684. The Morgan fingerprint density at radius 3 is 1.52 bits per heavy atom. The van der Waals surface area contributed by atoms with Crippen LogP contribution in [0.3, 0.4) is 0 Å². The first-order chi connectivity index (χ1) is 26.8. The van der Waals surface area contributed by atoms with Crippen molar-refractivity contribution in [2.24, 2.45) is 0 Å². The molecule has 0 unspecified atom stereocenters. The summed E-state index contributed by atoms with van der Waals surface area (Å²) < 4.78 is 0. The fraction of sp³-hybridized carbons (Fsp3) is 0. The molecule has 10 aromatic rings. The number of pyridine rings is 1. The summed E-state index contributed by atoms with van der Waals surface area (Å²) in [6.07, 6.45) is 3.66. The standard InChI is InChI=1S/C51H33N3/c1-2-14-36(15-3-1)47-33-48(38-18-10-17-37(31-38)34-27-29-52-30-28-34)54-51(53-47)40-20-11-19-39(32-40)49-43-22-6-8-24-45(43)50(46-25-9-7-23-44(46)49)42-26-12-16-35-13-4-5-21-41(35)42/h1-33H. The van der Waals surface area contributed by atoms with E-state index in [9.17, 15) is 0 Å². The molecular weight excluding hydrogens is 655 g/mol. The Bertz CT molecular complexity index is 2930. The van der Waals surface area contributed by atoms with E-state index in [0.717, 1.165) is 44.8 Å². The SMILES string of the molecule is c1ccc(-c2cc(-c3cccc(-c4ccncc4)c3)nc(-c3cccc(-c4c5ccccc5c(-c5cccc6ccccc56)c5ccccc45)c3)n2)cc1. The van der Waals surface area contributed by atoms with E-state index in [1.165, 1.54) is 49.0 Å². The molecule has 0 aliphatic carbocycles. The summed E-state index contributed by atoms with van der Waals surface area (Å²) in [5.41, 5.74) is 11.8. The molecule has 0 bridgehead atoms. The zero-order valence-corrected chi connectivity index (χ0v) is 29.4.